The Hall–Kier alpha value is -3.60. The van der Waals surface area contributed by atoms with Crippen LogP contribution in [0.4, 0.5) is 5.69 Å². The summed E-state index contributed by atoms with van der Waals surface area (Å²) in [6.45, 7) is 1.73. The smallest absolute Gasteiger partial charge is 0.270 e. The monoisotopic (exact) mass is 471 g/mol. The SMILES string of the molecule is Cc1ccc([C@@H](C(=O)NC2CCCC2)N(Cc2ccco2)C(=O)c2snc(C(N)=O)c2N)o1. The molecule has 0 spiro atoms. The zero-order chi connectivity index (χ0) is 23.5. The first-order chi connectivity index (χ1) is 15.8. The van der Waals surface area contributed by atoms with E-state index in [0.29, 0.717) is 17.3 Å². The van der Waals surface area contributed by atoms with Crippen molar-refractivity contribution in [2.45, 2.75) is 51.2 Å². The minimum absolute atomic E-state index is 0.0114. The molecule has 1 aliphatic carbocycles. The van der Waals surface area contributed by atoms with Gasteiger partial charge in [-0.3, -0.25) is 14.4 Å². The molecule has 3 aromatic rings. The van der Waals surface area contributed by atoms with E-state index >= 15 is 0 Å². The lowest BCUT2D eigenvalue weighted by molar-refractivity contribution is -0.127. The highest BCUT2D eigenvalue weighted by atomic mass is 32.1. The number of carbonyl (C=O) groups is 3. The molecule has 1 saturated carbocycles. The summed E-state index contributed by atoms with van der Waals surface area (Å²) in [7, 11) is 0. The van der Waals surface area contributed by atoms with Gasteiger partial charge in [0.1, 0.15) is 22.2 Å². The molecule has 174 valence electrons. The van der Waals surface area contributed by atoms with Gasteiger partial charge in [0.05, 0.1) is 18.5 Å². The molecule has 5 N–H and O–H groups in total. The number of primary amides is 1. The lowest BCUT2D eigenvalue weighted by Crippen LogP contribution is -2.45. The van der Waals surface area contributed by atoms with Crippen LogP contribution in [0.2, 0.25) is 0 Å². The van der Waals surface area contributed by atoms with Gasteiger partial charge in [-0.15, -0.1) is 0 Å². The van der Waals surface area contributed by atoms with Crippen molar-refractivity contribution in [3.63, 3.8) is 0 Å². The normalized spacial score (nSPS) is 14.8. The highest BCUT2D eigenvalue weighted by Gasteiger charge is 2.38. The second-order valence-corrected chi connectivity index (χ2v) is 8.76. The zero-order valence-corrected chi connectivity index (χ0v) is 18.9. The summed E-state index contributed by atoms with van der Waals surface area (Å²) in [6.07, 6.45) is 5.32. The molecule has 3 aromatic heterocycles. The number of hydrogen-bond donors (Lipinski definition) is 3. The molecule has 3 heterocycles. The van der Waals surface area contributed by atoms with Gasteiger partial charge < -0.3 is 30.5 Å². The van der Waals surface area contributed by atoms with Crippen LogP contribution in [0.3, 0.4) is 0 Å². The molecule has 0 saturated heterocycles. The van der Waals surface area contributed by atoms with Crippen molar-refractivity contribution >= 4 is 34.9 Å². The Balaban J connectivity index is 1.75. The largest absolute Gasteiger partial charge is 0.467 e. The van der Waals surface area contributed by atoms with Crippen molar-refractivity contribution in [1.29, 1.82) is 0 Å². The second-order valence-electron chi connectivity index (χ2n) is 7.99. The van der Waals surface area contributed by atoms with E-state index in [1.165, 1.54) is 11.2 Å². The van der Waals surface area contributed by atoms with Gasteiger partial charge in [-0.2, -0.15) is 4.37 Å². The number of nitrogens with zero attached hydrogens (tertiary/aromatic N) is 2. The maximum absolute atomic E-state index is 13.7. The van der Waals surface area contributed by atoms with E-state index in [9.17, 15) is 14.4 Å². The first-order valence-corrected chi connectivity index (χ1v) is 11.4. The number of furan rings is 2. The van der Waals surface area contributed by atoms with E-state index in [0.717, 1.165) is 37.2 Å². The fourth-order valence-corrected chi connectivity index (χ4v) is 4.75. The van der Waals surface area contributed by atoms with Gasteiger partial charge in [0, 0.05) is 6.04 Å². The summed E-state index contributed by atoms with van der Waals surface area (Å²) in [5.41, 5.74) is 11.0. The third-order valence-electron chi connectivity index (χ3n) is 5.61. The van der Waals surface area contributed by atoms with Crippen LogP contribution in [0.5, 0.6) is 0 Å². The van der Waals surface area contributed by atoms with E-state index in [2.05, 4.69) is 9.69 Å². The molecule has 33 heavy (non-hydrogen) atoms. The predicted molar refractivity (Wildman–Crippen MR) is 120 cm³/mol. The second kappa shape index (κ2) is 9.49. The minimum Gasteiger partial charge on any atom is -0.467 e. The summed E-state index contributed by atoms with van der Waals surface area (Å²) in [5.74, 6) is -0.423. The van der Waals surface area contributed by atoms with Crippen LogP contribution in [0, 0.1) is 6.92 Å². The van der Waals surface area contributed by atoms with Crippen molar-refractivity contribution in [1.82, 2.24) is 14.6 Å². The highest BCUT2D eigenvalue weighted by molar-refractivity contribution is 7.09. The van der Waals surface area contributed by atoms with Gasteiger partial charge in [-0.05, 0) is 55.6 Å². The molecule has 10 nitrogen and oxygen atoms in total. The maximum atomic E-state index is 13.7. The third kappa shape index (κ3) is 4.77. The van der Waals surface area contributed by atoms with Crippen LogP contribution in [-0.4, -0.2) is 33.0 Å². The third-order valence-corrected chi connectivity index (χ3v) is 6.47. The number of amides is 3. The Labute approximate surface area is 194 Å². The highest BCUT2D eigenvalue weighted by Crippen LogP contribution is 2.31. The van der Waals surface area contributed by atoms with Crippen molar-refractivity contribution in [2.24, 2.45) is 5.73 Å². The van der Waals surface area contributed by atoms with Crippen LogP contribution in [0.1, 0.15) is 69.2 Å². The molecule has 0 radical (unpaired) electrons. The lowest BCUT2D eigenvalue weighted by Gasteiger charge is -2.30. The number of nitrogen functional groups attached to an aromatic ring is 1. The molecular weight excluding hydrogens is 446 g/mol. The molecule has 1 aliphatic rings. The molecule has 0 bridgehead atoms. The van der Waals surface area contributed by atoms with Crippen molar-refractivity contribution in [3.8, 4) is 0 Å². The van der Waals surface area contributed by atoms with Crippen molar-refractivity contribution < 1.29 is 23.2 Å². The van der Waals surface area contributed by atoms with Crippen LogP contribution in [0.25, 0.3) is 0 Å². The molecular formula is C22H25N5O5S. The van der Waals surface area contributed by atoms with Crippen molar-refractivity contribution in [3.05, 3.63) is 58.4 Å². The van der Waals surface area contributed by atoms with Gasteiger partial charge in [-0.1, -0.05) is 12.8 Å². The number of hydrogen-bond acceptors (Lipinski definition) is 8. The van der Waals surface area contributed by atoms with Crippen LogP contribution >= 0.6 is 11.5 Å². The number of nitrogens with one attached hydrogen (secondary N) is 1. The summed E-state index contributed by atoms with van der Waals surface area (Å²) >= 11 is 0.756. The number of aromatic nitrogens is 1. The quantitative estimate of drug-likeness (QED) is 0.456. The fourth-order valence-electron chi connectivity index (χ4n) is 3.99. The van der Waals surface area contributed by atoms with Gasteiger partial charge in [0.15, 0.2) is 11.7 Å². The average molecular weight is 472 g/mol. The molecule has 3 amide bonds. The predicted octanol–water partition coefficient (Wildman–Crippen LogP) is 2.76. The summed E-state index contributed by atoms with van der Waals surface area (Å²) in [4.78, 5) is 40.1. The number of nitrogens with two attached hydrogens (primary N) is 2. The van der Waals surface area contributed by atoms with Crippen LogP contribution in [0.15, 0.2) is 39.4 Å². The van der Waals surface area contributed by atoms with Crippen molar-refractivity contribution in [2.75, 3.05) is 5.73 Å². The first kappa shape index (κ1) is 22.6. The molecule has 4 rings (SSSR count). The fraction of sp³-hybridized carbons (Fsp3) is 0.364. The van der Waals surface area contributed by atoms with E-state index in [4.69, 9.17) is 20.3 Å². The molecule has 11 heteroatoms. The Morgan fingerprint density at radius 2 is 2.03 bits per heavy atom. The van der Waals surface area contributed by atoms with E-state index in [1.54, 1.807) is 31.2 Å². The maximum Gasteiger partial charge on any atom is 0.270 e. The average Bonchev–Trinajstić information content (AvgIpc) is 3.56. The summed E-state index contributed by atoms with van der Waals surface area (Å²) < 4.78 is 15.2. The van der Waals surface area contributed by atoms with Crippen LogP contribution < -0.4 is 16.8 Å². The van der Waals surface area contributed by atoms with Gasteiger partial charge >= 0.3 is 0 Å². The Bertz CT molecular complexity index is 1150. The topological polar surface area (TPSA) is 158 Å². The summed E-state index contributed by atoms with van der Waals surface area (Å²) in [5, 5.41) is 3.05. The standard InChI is InChI=1S/C22H25N5O5S/c1-12-8-9-15(32-12)18(21(29)25-13-5-2-3-6-13)27(11-14-7-4-10-31-14)22(30)19-16(23)17(20(24)28)26-33-19/h4,7-10,13,18H,2-3,5-6,11,23H2,1H3,(H2,24,28)(H,25,29)/t18-/m0/s1. The number of carbonyl (C=O) groups excluding carboxylic acids is 3. The number of aryl methyl sites for hydroxylation is 1. The number of rotatable bonds is 8. The van der Waals surface area contributed by atoms with E-state index in [-0.39, 0.29) is 34.8 Å². The molecule has 1 fully saturated rings. The Morgan fingerprint density at radius 1 is 1.27 bits per heavy atom. The zero-order valence-electron chi connectivity index (χ0n) is 18.1. The van der Waals surface area contributed by atoms with Gasteiger partial charge in [0.2, 0.25) is 0 Å². The summed E-state index contributed by atoms with van der Waals surface area (Å²) in [6, 6.07) is 5.73. The first-order valence-electron chi connectivity index (χ1n) is 10.6. The molecule has 1 atom stereocenters. The van der Waals surface area contributed by atoms with E-state index < -0.39 is 17.9 Å². The van der Waals surface area contributed by atoms with Crippen LogP contribution in [-0.2, 0) is 11.3 Å². The lowest BCUT2D eigenvalue weighted by atomic mass is 10.1. The molecule has 0 aromatic carbocycles. The van der Waals surface area contributed by atoms with E-state index in [1.807, 2.05) is 0 Å². The van der Waals surface area contributed by atoms with Gasteiger partial charge in [0.25, 0.3) is 17.7 Å². The van der Waals surface area contributed by atoms with Gasteiger partial charge in [-0.25, -0.2) is 0 Å². The number of anilines is 1. The minimum atomic E-state index is -1.09. The molecule has 0 aliphatic heterocycles. The Morgan fingerprint density at radius 3 is 2.61 bits per heavy atom. The molecule has 0 unspecified atom stereocenters. The Kier molecular flexibility index (Phi) is 6.50.